The molecule has 1 aromatic rings. The fraction of sp³-hybridized carbons (Fsp3) is 0.667. The van der Waals surface area contributed by atoms with E-state index in [2.05, 4.69) is 46.5 Å². The first-order valence-electron chi connectivity index (χ1n) is 5.73. The van der Waals surface area contributed by atoms with Crippen molar-refractivity contribution < 1.29 is 4.74 Å². The first-order chi connectivity index (χ1) is 7.74. The number of methoxy groups -OCH3 is 1. The molecule has 2 unspecified atom stereocenters. The van der Waals surface area contributed by atoms with E-state index in [1.54, 1.807) is 18.4 Å². The molecular weight excluding hydrogens is 286 g/mol. The maximum atomic E-state index is 5.56. The van der Waals surface area contributed by atoms with Gasteiger partial charge < -0.3 is 10.1 Å². The average molecular weight is 306 g/mol. The van der Waals surface area contributed by atoms with Crippen molar-refractivity contribution in [1.29, 1.82) is 0 Å². The van der Waals surface area contributed by atoms with E-state index in [1.165, 1.54) is 9.35 Å². The highest BCUT2D eigenvalue weighted by Gasteiger charge is 2.23. The number of hydrogen-bond donors (Lipinski definition) is 1. The molecular formula is C12H20BrNOS. The van der Waals surface area contributed by atoms with Gasteiger partial charge in [0.05, 0.1) is 12.1 Å². The second-order valence-corrected chi connectivity index (χ2v) is 5.55. The van der Waals surface area contributed by atoms with E-state index < -0.39 is 0 Å². The summed E-state index contributed by atoms with van der Waals surface area (Å²) >= 11 is 5.38. The van der Waals surface area contributed by atoms with E-state index in [0.29, 0.717) is 6.04 Å². The van der Waals surface area contributed by atoms with Gasteiger partial charge in [-0.15, -0.1) is 11.3 Å². The Morgan fingerprint density at radius 1 is 1.50 bits per heavy atom. The molecule has 2 atom stereocenters. The first-order valence-corrected chi connectivity index (χ1v) is 7.40. The summed E-state index contributed by atoms with van der Waals surface area (Å²) < 4.78 is 6.74. The number of nitrogens with one attached hydrogen (secondary N) is 1. The molecule has 0 aromatic carbocycles. The van der Waals surface area contributed by atoms with Crippen LogP contribution in [-0.4, -0.2) is 19.8 Å². The third-order valence-corrected chi connectivity index (χ3v) is 4.57. The normalized spacial score (nSPS) is 15.0. The number of ether oxygens (including phenoxy) is 1. The van der Waals surface area contributed by atoms with Crippen LogP contribution in [0.5, 0.6) is 0 Å². The predicted molar refractivity (Wildman–Crippen MR) is 74.1 cm³/mol. The van der Waals surface area contributed by atoms with E-state index in [9.17, 15) is 0 Å². The quantitative estimate of drug-likeness (QED) is 0.823. The maximum absolute atomic E-state index is 5.56. The van der Waals surface area contributed by atoms with Gasteiger partial charge in [0.2, 0.25) is 0 Å². The zero-order chi connectivity index (χ0) is 12.0. The second kappa shape index (κ2) is 7.43. The van der Waals surface area contributed by atoms with Crippen LogP contribution >= 0.6 is 27.3 Å². The molecule has 0 bridgehead atoms. The van der Waals surface area contributed by atoms with Crippen molar-refractivity contribution in [2.24, 2.45) is 0 Å². The van der Waals surface area contributed by atoms with Gasteiger partial charge in [0.15, 0.2) is 0 Å². The molecule has 1 aromatic heterocycles. The van der Waals surface area contributed by atoms with Gasteiger partial charge in [-0.25, -0.2) is 0 Å². The van der Waals surface area contributed by atoms with Crippen LogP contribution in [0.25, 0.3) is 0 Å². The van der Waals surface area contributed by atoms with Crippen LogP contribution in [0.2, 0.25) is 0 Å². The molecule has 92 valence electrons. The van der Waals surface area contributed by atoms with Crippen molar-refractivity contribution in [3.05, 3.63) is 20.8 Å². The lowest BCUT2D eigenvalue weighted by atomic mass is 10.1. The summed E-state index contributed by atoms with van der Waals surface area (Å²) in [5.74, 6) is 0. The molecule has 0 spiro atoms. The van der Waals surface area contributed by atoms with Crippen molar-refractivity contribution >= 4 is 27.3 Å². The van der Waals surface area contributed by atoms with Crippen molar-refractivity contribution in [1.82, 2.24) is 5.32 Å². The van der Waals surface area contributed by atoms with E-state index in [1.807, 2.05) is 0 Å². The van der Waals surface area contributed by atoms with Gasteiger partial charge >= 0.3 is 0 Å². The van der Waals surface area contributed by atoms with Crippen molar-refractivity contribution in [2.75, 3.05) is 13.7 Å². The third kappa shape index (κ3) is 3.55. The van der Waals surface area contributed by atoms with Gasteiger partial charge in [0, 0.05) is 16.5 Å². The van der Waals surface area contributed by atoms with Gasteiger partial charge in [-0.2, -0.15) is 0 Å². The van der Waals surface area contributed by atoms with E-state index in [0.717, 1.165) is 19.4 Å². The highest BCUT2D eigenvalue weighted by atomic mass is 79.9. The monoisotopic (exact) mass is 305 g/mol. The molecule has 0 saturated heterocycles. The van der Waals surface area contributed by atoms with Gasteiger partial charge in [-0.1, -0.05) is 13.8 Å². The molecule has 1 heterocycles. The molecule has 0 saturated carbocycles. The van der Waals surface area contributed by atoms with Gasteiger partial charge in [-0.3, -0.25) is 0 Å². The Morgan fingerprint density at radius 3 is 2.69 bits per heavy atom. The van der Waals surface area contributed by atoms with Crippen LogP contribution in [0.1, 0.15) is 37.6 Å². The summed E-state index contributed by atoms with van der Waals surface area (Å²) in [4.78, 5) is 1.34. The number of hydrogen-bond acceptors (Lipinski definition) is 3. The Bertz CT molecular complexity index is 299. The minimum atomic E-state index is 0.237. The first kappa shape index (κ1) is 14.2. The van der Waals surface area contributed by atoms with Crippen LogP contribution in [0, 0.1) is 0 Å². The van der Waals surface area contributed by atoms with Gasteiger partial charge in [0.25, 0.3) is 0 Å². The van der Waals surface area contributed by atoms with Gasteiger partial charge in [-0.05, 0) is 46.8 Å². The van der Waals surface area contributed by atoms with Crippen LogP contribution < -0.4 is 5.32 Å². The Morgan fingerprint density at radius 2 is 2.25 bits per heavy atom. The molecule has 1 rings (SSSR count). The molecule has 0 fully saturated rings. The van der Waals surface area contributed by atoms with E-state index >= 15 is 0 Å². The topological polar surface area (TPSA) is 21.3 Å². The zero-order valence-electron chi connectivity index (χ0n) is 10.1. The molecule has 0 aliphatic heterocycles. The summed E-state index contributed by atoms with van der Waals surface area (Å²) in [5.41, 5.74) is 0. The lowest BCUT2D eigenvalue weighted by Gasteiger charge is -2.25. The Hall–Kier alpha value is 0.1000. The molecule has 0 amide bonds. The molecule has 16 heavy (non-hydrogen) atoms. The second-order valence-electron chi connectivity index (χ2n) is 3.75. The zero-order valence-corrected chi connectivity index (χ0v) is 12.5. The Balaban J connectivity index is 2.82. The number of thiophene rings is 1. The van der Waals surface area contributed by atoms with E-state index in [4.69, 9.17) is 4.74 Å². The summed E-state index contributed by atoms with van der Waals surface area (Å²) in [7, 11) is 1.79. The molecule has 0 radical (unpaired) electrons. The summed E-state index contributed by atoms with van der Waals surface area (Å²) in [6.45, 7) is 5.37. The minimum absolute atomic E-state index is 0.237. The highest BCUT2D eigenvalue weighted by Crippen LogP contribution is 2.32. The van der Waals surface area contributed by atoms with Crippen molar-refractivity contribution in [3.63, 3.8) is 0 Å². The fourth-order valence-corrected chi connectivity index (χ4v) is 3.51. The molecule has 4 heteroatoms. The Kier molecular flexibility index (Phi) is 6.58. The maximum Gasteiger partial charge on any atom is 0.0771 e. The minimum Gasteiger partial charge on any atom is -0.379 e. The Labute approximate surface area is 111 Å². The third-order valence-electron chi connectivity index (χ3n) is 2.62. The van der Waals surface area contributed by atoms with Crippen molar-refractivity contribution in [2.45, 2.75) is 38.8 Å². The molecule has 0 aliphatic carbocycles. The highest BCUT2D eigenvalue weighted by molar-refractivity contribution is 9.10. The molecule has 2 nitrogen and oxygen atoms in total. The van der Waals surface area contributed by atoms with Crippen LogP contribution in [0.3, 0.4) is 0 Å². The standard InChI is InChI=1S/C12H20BrNOS/c1-4-7-14-11(10(5-2)15-3)12-9(13)6-8-16-12/h6,8,10-11,14H,4-5,7H2,1-3H3. The van der Waals surface area contributed by atoms with E-state index in [-0.39, 0.29) is 6.10 Å². The molecule has 1 N–H and O–H groups in total. The smallest absolute Gasteiger partial charge is 0.0771 e. The summed E-state index contributed by atoms with van der Waals surface area (Å²) in [5, 5.41) is 5.68. The van der Waals surface area contributed by atoms with Gasteiger partial charge in [0.1, 0.15) is 0 Å². The predicted octanol–water partition coefficient (Wildman–Crippen LogP) is 3.98. The molecule has 0 aliphatic rings. The fourth-order valence-electron chi connectivity index (χ4n) is 1.76. The summed E-state index contributed by atoms with van der Waals surface area (Å²) in [6.07, 6.45) is 2.39. The number of halogens is 1. The van der Waals surface area contributed by atoms with Crippen LogP contribution in [-0.2, 0) is 4.74 Å². The van der Waals surface area contributed by atoms with Crippen molar-refractivity contribution in [3.8, 4) is 0 Å². The lowest BCUT2D eigenvalue weighted by Crippen LogP contribution is -2.33. The lowest BCUT2D eigenvalue weighted by molar-refractivity contribution is 0.0660. The largest absolute Gasteiger partial charge is 0.379 e. The number of rotatable bonds is 7. The van der Waals surface area contributed by atoms with Crippen LogP contribution in [0.4, 0.5) is 0 Å². The SMILES string of the molecule is CCCNC(c1sccc1Br)C(CC)OC. The van der Waals surface area contributed by atoms with Crippen LogP contribution in [0.15, 0.2) is 15.9 Å². The average Bonchev–Trinajstić information content (AvgIpc) is 2.71. The summed E-state index contributed by atoms with van der Waals surface area (Å²) in [6, 6.07) is 2.40.